The SMILES string of the molecule is CCCCNc1nc(N)nc(C)c1Cc1cc(CC(=O)OCCCCN(C)C)ccc1OC. The van der Waals surface area contributed by atoms with Gasteiger partial charge in [0.15, 0.2) is 0 Å². The van der Waals surface area contributed by atoms with Crippen LogP contribution in [0.2, 0.25) is 0 Å². The molecule has 0 unspecified atom stereocenters. The minimum Gasteiger partial charge on any atom is -0.496 e. The molecule has 0 saturated heterocycles. The number of anilines is 2. The number of nitrogens with zero attached hydrogens (tertiary/aromatic N) is 3. The van der Waals surface area contributed by atoms with Crippen LogP contribution < -0.4 is 15.8 Å². The number of unbranched alkanes of at least 4 members (excludes halogenated alkanes) is 2. The van der Waals surface area contributed by atoms with Gasteiger partial charge in [-0.2, -0.15) is 4.98 Å². The predicted octanol–water partition coefficient (Wildman–Crippen LogP) is 3.61. The molecule has 8 nitrogen and oxygen atoms in total. The lowest BCUT2D eigenvalue weighted by Crippen LogP contribution is -2.14. The summed E-state index contributed by atoms with van der Waals surface area (Å²) in [5.41, 5.74) is 9.54. The number of hydrogen-bond acceptors (Lipinski definition) is 8. The molecule has 0 aliphatic carbocycles. The maximum absolute atomic E-state index is 12.3. The van der Waals surface area contributed by atoms with Crippen molar-refractivity contribution in [3.8, 4) is 5.75 Å². The number of ether oxygens (including phenoxy) is 2. The number of methoxy groups -OCH3 is 1. The van der Waals surface area contributed by atoms with Crippen LogP contribution in [0.5, 0.6) is 5.75 Å². The van der Waals surface area contributed by atoms with Gasteiger partial charge in [0.05, 0.1) is 20.1 Å². The second-order valence-corrected chi connectivity index (χ2v) is 8.51. The average Bonchev–Trinajstić information content (AvgIpc) is 2.76. The van der Waals surface area contributed by atoms with Gasteiger partial charge >= 0.3 is 5.97 Å². The summed E-state index contributed by atoms with van der Waals surface area (Å²) in [5, 5.41) is 3.39. The van der Waals surface area contributed by atoms with E-state index in [-0.39, 0.29) is 18.3 Å². The monoisotopic (exact) mass is 457 g/mol. The summed E-state index contributed by atoms with van der Waals surface area (Å²) < 4.78 is 11.0. The molecule has 2 aromatic rings. The third-order valence-corrected chi connectivity index (χ3v) is 5.38. The van der Waals surface area contributed by atoms with E-state index in [1.54, 1.807) is 7.11 Å². The summed E-state index contributed by atoms with van der Waals surface area (Å²) in [5.74, 6) is 1.54. The number of aromatic nitrogens is 2. The molecule has 0 bridgehead atoms. The molecular weight excluding hydrogens is 418 g/mol. The molecule has 182 valence electrons. The van der Waals surface area contributed by atoms with E-state index in [1.807, 2.05) is 39.2 Å². The van der Waals surface area contributed by atoms with Gasteiger partial charge in [-0.1, -0.05) is 25.5 Å². The molecule has 1 heterocycles. The second kappa shape index (κ2) is 13.6. The molecule has 0 fully saturated rings. The van der Waals surface area contributed by atoms with Crippen LogP contribution in [0, 0.1) is 6.92 Å². The summed E-state index contributed by atoms with van der Waals surface area (Å²) in [6.45, 7) is 6.33. The van der Waals surface area contributed by atoms with Crippen LogP contribution in [0.1, 0.15) is 55.0 Å². The van der Waals surface area contributed by atoms with Crippen molar-refractivity contribution in [3.05, 3.63) is 40.6 Å². The number of nitrogen functional groups attached to an aromatic ring is 1. The number of benzene rings is 1. The molecule has 1 aromatic heterocycles. The molecular formula is C25H39N5O3. The molecule has 0 radical (unpaired) electrons. The summed E-state index contributed by atoms with van der Waals surface area (Å²) in [4.78, 5) is 23.2. The van der Waals surface area contributed by atoms with Crippen molar-refractivity contribution in [2.24, 2.45) is 0 Å². The van der Waals surface area contributed by atoms with E-state index in [9.17, 15) is 4.79 Å². The maximum atomic E-state index is 12.3. The number of esters is 1. The van der Waals surface area contributed by atoms with E-state index < -0.39 is 0 Å². The standard InChI is InChI=1S/C25H39N5O3/c1-6-7-12-27-24-21(18(2)28-25(26)29-24)17-20-15-19(10-11-22(20)32-5)16-23(31)33-14-9-8-13-30(3)4/h10-11,15H,6-9,12-14,16-17H2,1-5H3,(H3,26,27,28,29). The Morgan fingerprint density at radius 3 is 2.67 bits per heavy atom. The van der Waals surface area contributed by atoms with Gasteiger partial charge in [0.2, 0.25) is 5.95 Å². The molecule has 3 N–H and O–H groups in total. The highest BCUT2D eigenvalue weighted by Crippen LogP contribution is 2.28. The summed E-state index contributed by atoms with van der Waals surface area (Å²) in [7, 11) is 5.72. The van der Waals surface area contributed by atoms with E-state index in [2.05, 4.69) is 27.1 Å². The van der Waals surface area contributed by atoms with E-state index in [0.29, 0.717) is 13.0 Å². The summed E-state index contributed by atoms with van der Waals surface area (Å²) >= 11 is 0. The van der Waals surface area contributed by atoms with E-state index in [0.717, 1.165) is 72.7 Å². The third kappa shape index (κ3) is 8.88. The molecule has 0 amide bonds. The van der Waals surface area contributed by atoms with Crippen molar-refractivity contribution >= 4 is 17.7 Å². The molecule has 0 saturated carbocycles. The van der Waals surface area contributed by atoms with Crippen LogP contribution in [0.3, 0.4) is 0 Å². The van der Waals surface area contributed by atoms with Gasteiger partial charge in [0.1, 0.15) is 11.6 Å². The highest BCUT2D eigenvalue weighted by molar-refractivity contribution is 5.72. The Hall–Kier alpha value is -2.87. The van der Waals surface area contributed by atoms with Gasteiger partial charge in [-0.05, 0) is 64.0 Å². The van der Waals surface area contributed by atoms with Gasteiger partial charge in [0, 0.05) is 24.2 Å². The van der Waals surface area contributed by atoms with Crippen LogP contribution in [-0.2, 0) is 22.4 Å². The Bertz CT molecular complexity index is 902. The molecule has 0 atom stereocenters. The van der Waals surface area contributed by atoms with Crippen LogP contribution >= 0.6 is 0 Å². The first-order valence-electron chi connectivity index (χ1n) is 11.7. The zero-order chi connectivity index (χ0) is 24.2. The van der Waals surface area contributed by atoms with Gasteiger partial charge in [-0.25, -0.2) is 4.98 Å². The second-order valence-electron chi connectivity index (χ2n) is 8.51. The Morgan fingerprint density at radius 1 is 1.18 bits per heavy atom. The fourth-order valence-electron chi connectivity index (χ4n) is 3.56. The first-order chi connectivity index (χ1) is 15.8. The van der Waals surface area contributed by atoms with Crippen molar-refractivity contribution in [1.82, 2.24) is 14.9 Å². The lowest BCUT2D eigenvalue weighted by atomic mass is 9.99. The van der Waals surface area contributed by atoms with E-state index in [1.165, 1.54) is 0 Å². The number of aryl methyl sites for hydroxylation is 1. The minimum atomic E-state index is -0.218. The van der Waals surface area contributed by atoms with Crippen molar-refractivity contribution < 1.29 is 14.3 Å². The highest BCUT2D eigenvalue weighted by atomic mass is 16.5. The third-order valence-electron chi connectivity index (χ3n) is 5.38. The summed E-state index contributed by atoms with van der Waals surface area (Å²) in [6, 6.07) is 5.80. The minimum absolute atomic E-state index is 0.218. The summed E-state index contributed by atoms with van der Waals surface area (Å²) in [6.07, 6.45) is 4.79. The van der Waals surface area contributed by atoms with Crippen molar-refractivity contribution in [2.75, 3.05) is 52.0 Å². The highest BCUT2D eigenvalue weighted by Gasteiger charge is 2.15. The van der Waals surface area contributed by atoms with Gasteiger partial charge < -0.3 is 25.4 Å². The number of carbonyl (C=O) groups excluding carboxylic acids is 1. The average molecular weight is 458 g/mol. The molecule has 0 spiro atoms. The molecule has 8 heteroatoms. The van der Waals surface area contributed by atoms with E-state index >= 15 is 0 Å². The van der Waals surface area contributed by atoms with Gasteiger partial charge in [-0.3, -0.25) is 4.79 Å². The quantitative estimate of drug-likeness (QED) is 0.328. The molecule has 1 aromatic carbocycles. The van der Waals surface area contributed by atoms with E-state index in [4.69, 9.17) is 15.2 Å². The molecule has 0 aliphatic rings. The van der Waals surface area contributed by atoms with Crippen LogP contribution in [-0.4, -0.2) is 61.7 Å². The fraction of sp³-hybridized carbons (Fsp3) is 0.560. The smallest absolute Gasteiger partial charge is 0.310 e. The number of nitrogens with one attached hydrogen (secondary N) is 1. The first kappa shape index (κ1) is 26.4. The number of nitrogens with two attached hydrogens (primary N) is 1. The zero-order valence-corrected chi connectivity index (χ0v) is 20.7. The fourth-order valence-corrected chi connectivity index (χ4v) is 3.56. The first-order valence-corrected chi connectivity index (χ1v) is 11.7. The number of rotatable bonds is 14. The number of hydrogen-bond donors (Lipinski definition) is 2. The molecule has 33 heavy (non-hydrogen) atoms. The lowest BCUT2D eigenvalue weighted by Gasteiger charge is -2.16. The van der Waals surface area contributed by atoms with Crippen molar-refractivity contribution in [3.63, 3.8) is 0 Å². The number of carbonyl (C=O) groups is 1. The van der Waals surface area contributed by atoms with Crippen LogP contribution in [0.25, 0.3) is 0 Å². The Labute approximate surface area is 197 Å². The van der Waals surface area contributed by atoms with Crippen LogP contribution in [0.4, 0.5) is 11.8 Å². The lowest BCUT2D eigenvalue weighted by molar-refractivity contribution is -0.142. The molecule has 2 rings (SSSR count). The maximum Gasteiger partial charge on any atom is 0.310 e. The Kier molecular flexibility index (Phi) is 10.9. The largest absolute Gasteiger partial charge is 0.496 e. The Morgan fingerprint density at radius 2 is 1.97 bits per heavy atom. The Balaban J connectivity index is 2.11. The normalized spacial score (nSPS) is 11.0. The molecule has 0 aliphatic heterocycles. The van der Waals surface area contributed by atoms with Gasteiger partial charge in [0.25, 0.3) is 0 Å². The van der Waals surface area contributed by atoms with Gasteiger partial charge in [-0.15, -0.1) is 0 Å². The van der Waals surface area contributed by atoms with Crippen molar-refractivity contribution in [1.29, 1.82) is 0 Å². The van der Waals surface area contributed by atoms with Crippen molar-refractivity contribution in [2.45, 2.75) is 52.4 Å². The van der Waals surface area contributed by atoms with Crippen LogP contribution in [0.15, 0.2) is 18.2 Å². The predicted molar refractivity (Wildman–Crippen MR) is 133 cm³/mol. The topological polar surface area (TPSA) is 103 Å². The zero-order valence-electron chi connectivity index (χ0n) is 20.7.